The van der Waals surface area contributed by atoms with E-state index in [1.807, 2.05) is 0 Å². The fraction of sp³-hybridized carbons (Fsp3) is 0.558. The Labute approximate surface area is 682 Å². The average Bonchev–Trinajstić information content (AvgIpc) is 0.759. The summed E-state index contributed by atoms with van der Waals surface area (Å²) in [6.45, 7) is -2.95. The van der Waals surface area contributed by atoms with Crippen LogP contribution in [0.1, 0.15) is 132 Å². The molecule has 0 saturated heterocycles. The Morgan fingerprint density at radius 2 is 1.14 bits per heavy atom. The van der Waals surface area contributed by atoms with E-state index in [9.17, 15) is 123 Å². The number of carbonyl (C=O) groups is 12. The molecule has 4 rings (SSSR count). The van der Waals surface area contributed by atoms with Crippen LogP contribution in [0, 0.1) is 24.5 Å². The number of carboxylic acid groups (broad SMARTS) is 1. The van der Waals surface area contributed by atoms with Crippen molar-refractivity contribution in [2.45, 2.75) is 214 Å². The lowest BCUT2D eigenvalue weighted by molar-refractivity contribution is -0.143. The van der Waals surface area contributed by atoms with Crippen LogP contribution >= 0.6 is 12.6 Å². The van der Waals surface area contributed by atoms with Gasteiger partial charge >= 0.3 is 11.7 Å². The van der Waals surface area contributed by atoms with Gasteiger partial charge in [-0.1, -0.05) is 79.9 Å². The second-order valence-electron chi connectivity index (χ2n) is 28.5. The molecular weight excluding hydrogens is 1580 g/mol. The van der Waals surface area contributed by atoms with Crippen molar-refractivity contribution in [2.75, 3.05) is 51.8 Å². The minimum atomic E-state index is -2.11. The number of aliphatic carboxylic acids is 1. The number of nitrogens with one attached hydrogen (secondary N) is 7. The number of ketones is 2. The number of benzene rings is 3. The van der Waals surface area contributed by atoms with Crippen LogP contribution in [0.25, 0.3) is 11.1 Å². The predicted octanol–water partition coefficient (Wildman–Crippen LogP) is -4.60. The van der Waals surface area contributed by atoms with Crippen LogP contribution < -0.4 is 59.9 Å². The van der Waals surface area contributed by atoms with Crippen LogP contribution in [0.15, 0.2) is 82.4 Å². The number of rotatable bonds is 58. The molecule has 1 aromatic heterocycles. The fourth-order valence-corrected chi connectivity index (χ4v) is 12.4. The van der Waals surface area contributed by atoms with Crippen LogP contribution in [0.5, 0.6) is 0 Å². The highest BCUT2D eigenvalue weighted by Crippen LogP contribution is 2.25. The molecule has 0 fully saturated rings. The zero-order valence-corrected chi connectivity index (χ0v) is 66.1. The van der Waals surface area contributed by atoms with Crippen LogP contribution in [-0.4, -0.2) is 267 Å². The minimum absolute atomic E-state index is 0.0115. The Morgan fingerprint density at radius 1 is 0.593 bits per heavy atom. The molecule has 0 radical (unpaired) electrons. The van der Waals surface area contributed by atoms with Crippen molar-refractivity contribution in [1.82, 2.24) is 46.4 Å². The van der Waals surface area contributed by atoms with E-state index in [4.69, 9.17) is 16.2 Å². The lowest BCUT2D eigenvalue weighted by Crippen LogP contribution is -2.60. The van der Waals surface area contributed by atoms with Crippen LogP contribution in [-0.2, 0) is 86.5 Å². The molecule has 3 aromatic carbocycles. The molecule has 1 heterocycles. The number of nitrogens with zero attached hydrogens (tertiary/aromatic N) is 2. The number of aliphatic hydroxyl groups is 10. The number of halogens is 2. The van der Waals surface area contributed by atoms with Crippen molar-refractivity contribution in [3.63, 3.8) is 0 Å². The van der Waals surface area contributed by atoms with E-state index < -0.39 is 275 Å². The minimum Gasteiger partial charge on any atom is -0.480 e. The molecule has 654 valence electrons. The molecule has 4 aromatic rings. The molecule has 22 N–H and O–H groups in total. The number of nitrogens with two attached hydrogens (primary N) is 2. The molecule has 0 aliphatic carbocycles. The van der Waals surface area contributed by atoms with Crippen molar-refractivity contribution in [2.24, 2.45) is 17.4 Å². The van der Waals surface area contributed by atoms with Crippen molar-refractivity contribution in [1.29, 1.82) is 0 Å². The van der Waals surface area contributed by atoms with Gasteiger partial charge in [-0.3, -0.25) is 66.7 Å². The van der Waals surface area contributed by atoms with E-state index >= 15 is 8.78 Å². The monoisotopic (exact) mass is 1690 g/mol. The first-order chi connectivity index (χ1) is 55.9. The number of carbonyl (C=O) groups excluding carboxylic acids is 11. The summed E-state index contributed by atoms with van der Waals surface area (Å²) in [6, 6.07) is 11.3. The van der Waals surface area contributed by atoms with Gasteiger partial charge in [0.1, 0.15) is 66.9 Å². The number of ether oxygens (including phenoxy) is 2. The summed E-state index contributed by atoms with van der Waals surface area (Å²) < 4.78 is 41.7. The molecule has 38 nitrogen and oxygen atoms in total. The smallest absolute Gasteiger partial charge is 0.331 e. The SMILES string of the molecule is Cc1c(-c2cccc(CCC(=O)NCCCCCCCC(=O)N[C@H](CCC(=O)NC[C@H](O)[C@@H](O)[C@H](O)[C@H](O)CO)C(=O)C[C@H](CCOC=O)C(=O)N[C@H](CCC(=O)NC[C@H](O)[C@@H](O)[C@H](O)[C@H](O)CO)C(=O)CC[C@@](C)(N)C(=O)N[C@@H](COC=O)C(=O)N[C@@H](CS)C(=O)O)c2)c(=O)n(C[C@@H](N)c2ccccc2)c(=O)n1Cc1c(F)cccc1F. The second-order valence-corrected chi connectivity index (χ2v) is 28.9. The van der Waals surface area contributed by atoms with Gasteiger partial charge in [-0.2, -0.15) is 12.6 Å². The van der Waals surface area contributed by atoms with Gasteiger partial charge in [-0.15, -0.1) is 0 Å². The summed E-state index contributed by atoms with van der Waals surface area (Å²) in [4.78, 5) is 186. The number of amides is 7. The van der Waals surface area contributed by atoms with Gasteiger partial charge in [-0.05, 0) is 87.6 Å². The Hall–Kier alpha value is -9.89. The van der Waals surface area contributed by atoms with Gasteiger partial charge in [-0.25, -0.2) is 18.4 Å². The number of aryl methyl sites for hydroxylation is 1. The number of aliphatic hydroxyl groups excluding tert-OH is 10. The number of Topliss-reactive ketones (excluding diaryl/α,β-unsaturated/α-hetero) is 2. The standard InChI is InChI=1S/C77H109F2N11O27S/c1-43-66(73(111)90(36-51(80)45-14-7-6-8-15-45)76(115)89(43)35-48-49(78)17-12-18-50(48)79)46-16-11-13-44(31-46)20-23-62(101)82-29-10-5-3-4-9-19-65(104)85-53(22-25-64(103)84-34-59(98)68(106)70(108)61(100)38-92)57(96)32-47(27-30-116-41-93)71(109)86-52(21-24-63(102)83-33-58(97)67(105)69(107)60(99)37-91)56(95)26-28-77(2,81)75(114)88-54(39-117-42-94)72(110)87-55(40-118)74(112)113/h6-8,11-18,31,41-42,47,51-55,58-61,67-70,91-92,97-100,105-108,118H,3-5,9-10,19-30,32-40,80-81H2,1-2H3,(H,82,101)(H,83,102)(H,84,103)(H,85,104)(H,86,109)(H,87,110)(H,88,114)(H,112,113)/t47-,51+,52+,53+,54-,55-,58-,59-,60+,61+,67+,68+,69+,70+,77+/m0/s1. The first-order valence-corrected chi connectivity index (χ1v) is 38.7. The van der Waals surface area contributed by atoms with Gasteiger partial charge in [0.2, 0.25) is 41.4 Å². The van der Waals surface area contributed by atoms with Gasteiger partial charge in [0.25, 0.3) is 18.5 Å². The summed E-state index contributed by atoms with van der Waals surface area (Å²) in [6.07, 6.45) is -18.7. The molecule has 0 aliphatic heterocycles. The number of hydrogen-bond acceptors (Lipinski definition) is 29. The molecule has 7 amide bonds. The molecule has 0 saturated carbocycles. The zero-order valence-electron chi connectivity index (χ0n) is 65.3. The average molecular weight is 1690 g/mol. The third kappa shape index (κ3) is 32.8. The molecule has 41 heteroatoms. The van der Waals surface area contributed by atoms with Crippen molar-refractivity contribution in [3.05, 3.63) is 128 Å². The molecular formula is C77H109F2N11O27S. The number of aromatic nitrogens is 2. The summed E-state index contributed by atoms with van der Waals surface area (Å²) in [5, 5.41) is 126. The Kier molecular flexibility index (Phi) is 43.8. The zero-order chi connectivity index (χ0) is 87.9. The van der Waals surface area contributed by atoms with Crippen LogP contribution in [0.3, 0.4) is 0 Å². The van der Waals surface area contributed by atoms with E-state index in [1.54, 1.807) is 54.6 Å². The van der Waals surface area contributed by atoms with Crippen molar-refractivity contribution < 1.29 is 132 Å². The molecule has 0 spiro atoms. The lowest BCUT2D eigenvalue weighted by Gasteiger charge is -2.28. The maximum absolute atomic E-state index is 15.1. The number of unbranched alkanes of at least 4 members (excludes halogenated alkanes) is 4. The normalized spacial score (nSPS) is 15.5. The van der Waals surface area contributed by atoms with Gasteiger partial charge < -0.3 is 114 Å². The Balaban J connectivity index is 1.49. The maximum Gasteiger partial charge on any atom is 0.331 e. The number of thiol groups is 1. The number of carboxylic acids is 1. The molecule has 0 bridgehead atoms. The topological polar surface area (TPSA) is 626 Å². The Bertz CT molecular complexity index is 4090. The summed E-state index contributed by atoms with van der Waals surface area (Å²) >= 11 is 3.87. The molecule has 118 heavy (non-hydrogen) atoms. The van der Waals surface area contributed by atoms with E-state index in [0.29, 0.717) is 42.4 Å². The first-order valence-electron chi connectivity index (χ1n) is 38.1. The highest BCUT2D eigenvalue weighted by molar-refractivity contribution is 7.80. The third-order valence-corrected chi connectivity index (χ3v) is 19.8. The predicted molar refractivity (Wildman–Crippen MR) is 418 cm³/mol. The lowest BCUT2D eigenvalue weighted by atomic mass is 9.90. The van der Waals surface area contributed by atoms with Gasteiger partial charge in [0, 0.05) is 87.1 Å². The second kappa shape index (κ2) is 51.4. The van der Waals surface area contributed by atoms with Crippen LogP contribution in [0.2, 0.25) is 0 Å². The molecule has 0 aliphatic rings. The highest BCUT2D eigenvalue weighted by atomic mass is 32.1. The largest absolute Gasteiger partial charge is 0.480 e. The third-order valence-electron chi connectivity index (χ3n) is 19.5. The maximum atomic E-state index is 15.1. The molecule has 15 atom stereocenters. The van der Waals surface area contributed by atoms with Gasteiger partial charge in [0.05, 0.1) is 68.3 Å². The quantitative estimate of drug-likeness (QED) is 0.0112. The fourth-order valence-electron chi connectivity index (χ4n) is 12.2. The number of hydrogen-bond donors (Lipinski definition) is 21. The highest BCUT2D eigenvalue weighted by Gasteiger charge is 2.38. The van der Waals surface area contributed by atoms with E-state index in [1.165, 1.54) is 13.0 Å². The van der Waals surface area contributed by atoms with Crippen molar-refractivity contribution >= 4 is 84.5 Å². The first kappa shape index (κ1) is 100. The summed E-state index contributed by atoms with van der Waals surface area (Å²) in [5.74, 6) is -13.5. The summed E-state index contributed by atoms with van der Waals surface area (Å²) in [5.41, 5.74) is 10.7. The van der Waals surface area contributed by atoms with Crippen LogP contribution in [0.4, 0.5) is 8.78 Å². The Morgan fingerprint density at radius 3 is 1.70 bits per heavy atom. The van der Waals surface area contributed by atoms with Gasteiger partial charge in [0.15, 0.2) is 11.6 Å². The van der Waals surface area contributed by atoms with E-state index in [-0.39, 0.29) is 68.9 Å². The summed E-state index contributed by atoms with van der Waals surface area (Å²) in [7, 11) is 0. The molecule has 0 unspecified atom stereocenters. The van der Waals surface area contributed by atoms with Crippen molar-refractivity contribution in [3.8, 4) is 11.1 Å². The van der Waals surface area contributed by atoms with E-state index in [2.05, 4.69) is 54.6 Å². The van der Waals surface area contributed by atoms with E-state index in [0.717, 1.165) is 28.2 Å².